The predicted molar refractivity (Wildman–Crippen MR) is 5.40 cm³/mol. The van der Waals surface area contributed by atoms with E-state index in [0.29, 0.717) is 0 Å². The van der Waals surface area contributed by atoms with Crippen molar-refractivity contribution in [3.63, 3.8) is 0 Å². The van der Waals surface area contributed by atoms with E-state index in [-0.39, 0.29) is 88.7 Å². The van der Waals surface area contributed by atoms with Gasteiger partial charge in [0.25, 0.3) is 0 Å². The van der Waals surface area contributed by atoms with Crippen LogP contribution in [-0.4, -0.2) is 6.16 Å². The summed E-state index contributed by atoms with van der Waals surface area (Å²) in [6.07, 6.45) is -2.33. The molecule has 5 nitrogen and oxygen atoms in total. The maximum Gasteiger partial charge on any atom is 1.00 e. The Morgan fingerprint density at radius 3 is 1.00 bits per heavy atom. The van der Waals surface area contributed by atoms with Gasteiger partial charge < -0.3 is 24.3 Å². The number of carboxylic acid groups (broad SMARTS) is 2. The van der Waals surface area contributed by atoms with Crippen molar-refractivity contribution in [2.45, 2.75) is 0 Å². The predicted octanol–water partition coefficient (Wildman–Crippen LogP) is -13.8. The molecular formula is CClNa3O5. The summed E-state index contributed by atoms with van der Waals surface area (Å²) in [5.74, 6) is 0. The fraction of sp³-hybridized carbons (Fsp3) is 0. The average Bonchev–Trinajstić information content (AvgIpc) is 1.33. The molecule has 0 aromatic heterocycles. The first-order valence-electron chi connectivity index (χ1n) is 0.921. The third-order valence-corrected chi connectivity index (χ3v) is 0. The van der Waals surface area contributed by atoms with Gasteiger partial charge in [0.2, 0.25) is 0 Å². The first kappa shape index (κ1) is 29.4. The number of hydrogen-bond donors (Lipinski definition) is 0. The van der Waals surface area contributed by atoms with Crippen molar-refractivity contribution >= 4 is 6.16 Å². The van der Waals surface area contributed by atoms with Gasteiger partial charge in [-0.15, -0.1) is 0 Å². The van der Waals surface area contributed by atoms with Crippen LogP contribution in [-0.2, 0) is 0 Å². The van der Waals surface area contributed by atoms with Gasteiger partial charge in [0.15, 0.2) is 0 Å². The van der Waals surface area contributed by atoms with Crippen LogP contribution in [0, 0.1) is 11.3 Å². The summed E-state index contributed by atoms with van der Waals surface area (Å²) in [7, 11) is 0. The van der Waals surface area contributed by atoms with Crippen molar-refractivity contribution in [2.24, 2.45) is 0 Å². The van der Waals surface area contributed by atoms with Gasteiger partial charge in [0.1, 0.15) is 0 Å². The molecule has 0 aliphatic heterocycles. The smallest absolute Gasteiger partial charge is 0.652 e. The summed E-state index contributed by atoms with van der Waals surface area (Å²) >= 11 is -0.417. The van der Waals surface area contributed by atoms with E-state index < -0.39 is 17.5 Å². The van der Waals surface area contributed by atoms with Crippen molar-refractivity contribution < 1.29 is 124 Å². The van der Waals surface area contributed by atoms with Crippen molar-refractivity contribution in [2.75, 3.05) is 0 Å². The van der Waals surface area contributed by atoms with Gasteiger partial charge in [-0.25, -0.2) is 0 Å². The first-order chi connectivity index (χ1) is 3.15. The van der Waals surface area contributed by atoms with E-state index in [1.165, 1.54) is 0 Å². The zero-order valence-corrected chi connectivity index (χ0v) is 12.7. The third kappa shape index (κ3) is 153. The molecule has 0 heterocycles. The summed E-state index contributed by atoms with van der Waals surface area (Å²) in [5, 5.41) is 16.7. The van der Waals surface area contributed by atoms with Gasteiger partial charge in [-0.1, -0.05) is 0 Å². The molecule has 44 valence electrons. The van der Waals surface area contributed by atoms with Crippen molar-refractivity contribution in [1.82, 2.24) is 0 Å². The molecule has 9 heteroatoms. The second-order valence-corrected chi connectivity index (χ2v) is 0.439. The third-order valence-electron chi connectivity index (χ3n) is 0. The molecule has 0 N–H and O–H groups in total. The maximum absolute atomic E-state index is 8.33. The Kier molecular flexibility index (Phi) is 88.3. The molecule has 0 saturated heterocycles. The second kappa shape index (κ2) is 30.0. The molecule has 0 bridgehead atoms. The van der Waals surface area contributed by atoms with Crippen LogP contribution in [0.5, 0.6) is 0 Å². The summed E-state index contributed by atoms with van der Waals surface area (Å²) in [6, 6.07) is 0. The molecular weight excluding hydrogens is 196 g/mol. The average molecular weight is 196 g/mol. The van der Waals surface area contributed by atoms with Gasteiger partial charge in [0.05, 0.1) is 11.3 Å². The van der Waals surface area contributed by atoms with Crippen molar-refractivity contribution in [1.29, 1.82) is 0 Å². The maximum atomic E-state index is 8.33. The van der Waals surface area contributed by atoms with Crippen LogP contribution in [0.1, 0.15) is 0 Å². The Balaban J connectivity index is -0.0000000131. The molecule has 0 fully saturated rings. The van der Waals surface area contributed by atoms with Gasteiger partial charge in [-0.2, -0.15) is 0 Å². The first-order valence-corrected chi connectivity index (χ1v) is 1.54. The van der Waals surface area contributed by atoms with E-state index in [2.05, 4.69) is 0 Å². The van der Waals surface area contributed by atoms with E-state index in [1.54, 1.807) is 0 Å². The van der Waals surface area contributed by atoms with Crippen LogP contribution in [0.3, 0.4) is 0 Å². The molecule has 0 amide bonds. The van der Waals surface area contributed by atoms with Crippen LogP contribution in [0.25, 0.3) is 0 Å². The van der Waals surface area contributed by atoms with Crippen LogP contribution in [0.2, 0.25) is 0 Å². The Labute approximate surface area is 128 Å². The second-order valence-electron chi connectivity index (χ2n) is 0.313. The van der Waals surface area contributed by atoms with E-state index in [1.807, 2.05) is 0 Å². The molecule has 10 heavy (non-hydrogen) atoms. The number of carbonyl (C=O) groups is 1. The largest absolute Gasteiger partial charge is 1.00 e. The molecule has 0 saturated carbocycles. The monoisotopic (exact) mass is 196 g/mol. The van der Waals surface area contributed by atoms with Crippen LogP contribution >= 0.6 is 0 Å². The van der Waals surface area contributed by atoms with Gasteiger partial charge >= 0.3 is 88.7 Å². The van der Waals surface area contributed by atoms with Gasteiger partial charge in [-0.3, -0.25) is 0 Å². The van der Waals surface area contributed by atoms with E-state index in [9.17, 15) is 0 Å². The summed E-state index contributed by atoms with van der Waals surface area (Å²) in [5.41, 5.74) is 0. The Morgan fingerprint density at radius 2 is 1.00 bits per heavy atom. The van der Waals surface area contributed by atoms with Crippen LogP contribution < -0.4 is 108 Å². The quantitative estimate of drug-likeness (QED) is 0.357. The molecule has 0 atom stereocenters. The summed E-state index contributed by atoms with van der Waals surface area (Å²) < 4.78 is 16.5. The number of rotatable bonds is 0. The Morgan fingerprint density at radius 1 is 1.00 bits per heavy atom. The number of halogens is 1. The summed E-state index contributed by atoms with van der Waals surface area (Å²) in [6.45, 7) is 0. The fourth-order valence-corrected chi connectivity index (χ4v) is 0. The minimum absolute atomic E-state index is 0. The summed E-state index contributed by atoms with van der Waals surface area (Å²) in [4.78, 5) is 8.33. The molecule has 0 aromatic rings. The molecule has 0 rings (SSSR count). The van der Waals surface area contributed by atoms with E-state index in [0.717, 1.165) is 0 Å². The fourth-order valence-electron chi connectivity index (χ4n) is 0. The molecule has 0 aromatic carbocycles. The molecule has 0 spiro atoms. The van der Waals surface area contributed by atoms with Crippen LogP contribution in [0.4, 0.5) is 4.79 Å². The standard InChI is InChI=1S/CH2O3.ClO2.3Na/c2-1(3)4;2-1-3;;;/h(H2,2,3,4);;;;/q;-1;3*+1/p-2. The molecule has 0 radical (unpaired) electrons. The Bertz CT molecular complexity index is 48.2. The molecule has 0 aliphatic rings. The minimum atomic E-state index is -2.33. The topological polar surface area (TPSA) is 109 Å². The number of hydrogen-bond acceptors (Lipinski definition) is 5. The zero-order chi connectivity index (χ0) is 6.28. The zero-order valence-electron chi connectivity index (χ0n) is 5.92. The van der Waals surface area contributed by atoms with Crippen molar-refractivity contribution in [3.8, 4) is 0 Å². The minimum Gasteiger partial charge on any atom is -0.652 e. The van der Waals surface area contributed by atoms with Crippen LogP contribution in [0.15, 0.2) is 0 Å². The van der Waals surface area contributed by atoms with Gasteiger partial charge in [0, 0.05) is 0 Å². The van der Waals surface area contributed by atoms with Gasteiger partial charge in [-0.05, 0) is 6.16 Å². The molecule has 0 aliphatic carbocycles. The van der Waals surface area contributed by atoms with Crippen molar-refractivity contribution in [3.05, 3.63) is 0 Å². The van der Waals surface area contributed by atoms with E-state index in [4.69, 9.17) is 24.3 Å². The SMILES string of the molecule is O=C([O-])[O-].[Na+].[Na+].[Na+].[O-][Cl+][O-]. The number of carbonyl (C=O) groups excluding carboxylic acids is 1. The molecule has 0 unspecified atom stereocenters. The van der Waals surface area contributed by atoms with E-state index >= 15 is 0 Å². The normalized spacial score (nSPS) is 4.20. The Hall–Kier alpha value is 2.48.